The SMILES string of the molecule is CC(C)(CO)[C@@H](c1c(F)cc(Cl)cc1F)N1CCNCC1. The van der Waals surface area contributed by atoms with Crippen LogP contribution in [0.25, 0.3) is 0 Å². The number of hydrogen-bond donors (Lipinski definition) is 2. The standard InChI is InChI=1S/C15H21ClF2N2O/c1-15(2,9-21)14(20-5-3-19-4-6-20)13-11(17)7-10(16)8-12(13)18/h7-8,14,19,21H,3-6,9H2,1-2H3/t14-/m1/s1. The monoisotopic (exact) mass is 318 g/mol. The molecule has 6 heteroatoms. The van der Waals surface area contributed by atoms with Crippen molar-refractivity contribution >= 4 is 11.6 Å². The molecule has 0 saturated carbocycles. The van der Waals surface area contributed by atoms with Crippen LogP contribution in [0.1, 0.15) is 25.5 Å². The van der Waals surface area contributed by atoms with Gasteiger partial charge in [-0.15, -0.1) is 0 Å². The number of benzene rings is 1. The Morgan fingerprint density at radius 1 is 1.29 bits per heavy atom. The van der Waals surface area contributed by atoms with Crippen molar-refractivity contribution in [3.63, 3.8) is 0 Å². The number of hydrogen-bond acceptors (Lipinski definition) is 3. The van der Waals surface area contributed by atoms with Crippen LogP contribution < -0.4 is 5.32 Å². The van der Waals surface area contributed by atoms with Gasteiger partial charge in [-0.1, -0.05) is 25.4 Å². The molecule has 2 rings (SSSR count). The predicted molar refractivity (Wildman–Crippen MR) is 79.4 cm³/mol. The fourth-order valence-corrected chi connectivity index (χ4v) is 3.10. The summed E-state index contributed by atoms with van der Waals surface area (Å²) >= 11 is 5.71. The Labute approximate surface area is 128 Å². The molecule has 1 aromatic rings. The lowest BCUT2D eigenvalue weighted by atomic mass is 9.79. The lowest BCUT2D eigenvalue weighted by Crippen LogP contribution is -2.50. The molecule has 1 aliphatic rings. The van der Waals surface area contributed by atoms with E-state index in [4.69, 9.17) is 11.6 Å². The highest BCUT2D eigenvalue weighted by molar-refractivity contribution is 6.30. The van der Waals surface area contributed by atoms with E-state index in [1.54, 1.807) is 0 Å². The van der Waals surface area contributed by atoms with Crippen LogP contribution in [0.4, 0.5) is 8.78 Å². The summed E-state index contributed by atoms with van der Waals surface area (Å²) in [6.45, 7) is 6.33. The quantitative estimate of drug-likeness (QED) is 0.895. The van der Waals surface area contributed by atoms with Crippen LogP contribution in [-0.2, 0) is 0 Å². The minimum Gasteiger partial charge on any atom is -0.396 e. The summed E-state index contributed by atoms with van der Waals surface area (Å²) in [7, 11) is 0. The summed E-state index contributed by atoms with van der Waals surface area (Å²) in [5.41, 5.74) is -0.687. The van der Waals surface area contributed by atoms with Gasteiger partial charge in [-0.05, 0) is 12.1 Å². The van der Waals surface area contributed by atoms with Gasteiger partial charge >= 0.3 is 0 Å². The van der Waals surface area contributed by atoms with Crippen LogP contribution in [0, 0.1) is 17.0 Å². The molecule has 1 aromatic carbocycles. The Kier molecular flexibility index (Phi) is 5.20. The van der Waals surface area contributed by atoms with Crippen molar-refractivity contribution in [1.29, 1.82) is 0 Å². The van der Waals surface area contributed by atoms with Crippen molar-refractivity contribution in [3.05, 3.63) is 34.4 Å². The Balaban J connectivity index is 2.49. The van der Waals surface area contributed by atoms with E-state index in [1.165, 1.54) is 0 Å². The maximum absolute atomic E-state index is 14.3. The molecule has 0 radical (unpaired) electrons. The maximum atomic E-state index is 14.3. The van der Waals surface area contributed by atoms with Gasteiger partial charge in [0.1, 0.15) is 11.6 Å². The molecule has 118 valence electrons. The average molecular weight is 319 g/mol. The van der Waals surface area contributed by atoms with E-state index in [9.17, 15) is 13.9 Å². The Bertz CT molecular complexity index is 481. The van der Waals surface area contributed by atoms with Crippen LogP contribution in [-0.4, -0.2) is 42.8 Å². The van der Waals surface area contributed by atoms with E-state index >= 15 is 0 Å². The Morgan fingerprint density at radius 2 is 1.81 bits per heavy atom. The summed E-state index contributed by atoms with van der Waals surface area (Å²) in [5, 5.41) is 12.9. The largest absolute Gasteiger partial charge is 0.396 e. The maximum Gasteiger partial charge on any atom is 0.132 e. The van der Waals surface area contributed by atoms with Crippen molar-refractivity contribution in [2.45, 2.75) is 19.9 Å². The second kappa shape index (κ2) is 6.57. The van der Waals surface area contributed by atoms with E-state index in [2.05, 4.69) is 5.32 Å². The molecule has 0 unspecified atom stereocenters. The molecule has 1 fully saturated rings. The predicted octanol–water partition coefficient (Wildman–Crippen LogP) is 2.58. The van der Waals surface area contributed by atoms with Crippen LogP contribution in [0.15, 0.2) is 12.1 Å². The number of rotatable bonds is 4. The topological polar surface area (TPSA) is 35.5 Å². The van der Waals surface area contributed by atoms with Crippen molar-refractivity contribution < 1.29 is 13.9 Å². The lowest BCUT2D eigenvalue weighted by Gasteiger charge is -2.43. The molecule has 21 heavy (non-hydrogen) atoms. The second-order valence-corrected chi connectivity index (χ2v) is 6.55. The number of piperazine rings is 1. The number of aliphatic hydroxyl groups excluding tert-OH is 1. The molecule has 3 nitrogen and oxygen atoms in total. The van der Waals surface area contributed by atoms with E-state index in [-0.39, 0.29) is 17.2 Å². The van der Waals surface area contributed by atoms with Gasteiger partial charge in [0.2, 0.25) is 0 Å². The number of nitrogens with one attached hydrogen (secondary N) is 1. The highest BCUT2D eigenvalue weighted by atomic mass is 35.5. The third-order valence-corrected chi connectivity index (χ3v) is 4.20. The number of halogens is 3. The summed E-state index contributed by atoms with van der Waals surface area (Å²) in [5.74, 6) is -1.32. The third kappa shape index (κ3) is 3.54. The van der Waals surface area contributed by atoms with Crippen LogP contribution in [0.2, 0.25) is 5.02 Å². The molecule has 0 aliphatic carbocycles. The van der Waals surface area contributed by atoms with Crippen LogP contribution in [0.3, 0.4) is 0 Å². The van der Waals surface area contributed by atoms with Crippen LogP contribution >= 0.6 is 11.6 Å². The van der Waals surface area contributed by atoms with Gasteiger partial charge in [0.15, 0.2) is 0 Å². The van der Waals surface area contributed by atoms with Gasteiger partial charge in [0.05, 0.1) is 0 Å². The first-order chi connectivity index (χ1) is 9.86. The molecule has 0 spiro atoms. The smallest absolute Gasteiger partial charge is 0.132 e. The van der Waals surface area contributed by atoms with Crippen LogP contribution in [0.5, 0.6) is 0 Å². The van der Waals surface area contributed by atoms with E-state index in [1.807, 2.05) is 18.7 Å². The van der Waals surface area contributed by atoms with Gasteiger partial charge in [-0.3, -0.25) is 4.90 Å². The minimum absolute atomic E-state index is 0.0136. The number of aliphatic hydroxyl groups is 1. The van der Waals surface area contributed by atoms with Crippen molar-refractivity contribution in [2.24, 2.45) is 5.41 Å². The molecule has 1 aliphatic heterocycles. The van der Waals surface area contributed by atoms with E-state index < -0.39 is 23.1 Å². The first kappa shape index (κ1) is 16.6. The molecule has 1 atom stereocenters. The first-order valence-electron chi connectivity index (χ1n) is 7.07. The van der Waals surface area contributed by atoms with Crippen molar-refractivity contribution in [1.82, 2.24) is 10.2 Å². The normalized spacial score (nSPS) is 18.8. The zero-order valence-corrected chi connectivity index (χ0v) is 13.1. The van der Waals surface area contributed by atoms with E-state index in [0.29, 0.717) is 13.1 Å². The average Bonchev–Trinajstić information content (AvgIpc) is 2.43. The summed E-state index contributed by atoms with van der Waals surface area (Å²) < 4.78 is 28.7. The Hall–Kier alpha value is -0.750. The third-order valence-electron chi connectivity index (χ3n) is 3.98. The second-order valence-electron chi connectivity index (χ2n) is 6.12. The minimum atomic E-state index is -0.674. The van der Waals surface area contributed by atoms with Gasteiger partial charge in [0.25, 0.3) is 0 Å². The van der Waals surface area contributed by atoms with Crippen molar-refractivity contribution in [2.75, 3.05) is 32.8 Å². The first-order valence-corrected chi connectivity index (χ1v) is 7.44. The summed E-state index contributed by atoms with van der Waals surface area (Å²) in [4.78, 5) is 2.02. The highest BCUT2D eigenvalue weighted by Crippen LogP contribution is 2.41. The molecule has 1 heterocycles. The van der Waals surface area contributed by atoms with Gasteiger partial charge in [-0.25, -0.2) is 8.78 Å². The van der Waals surface area contributed by atoms with Gasteiger partial charge in [-0.2, -0.15) is 0 Å². The molecular weight excluding hydrogens is 298 g/mol. The lowest BCUT2D eigenvalue weighted by molar-refractivity contribution is 0.0266. The van der Waals surface area contributed by atoms with Crippen molar-refractivity contribution in [3.8, 4) is 0 Å². The number of nitrogens with zero attached hydrogens (tertiary/aromatic N) is 1. The van der Waals surface area contributed by atoms with Gasteiger partial charge < -0.3 is 10.4 Å². The molecule has 0 amide bonds. The molecule has 0 aromatic heterocycles. The Morgan fingerprint density at radius 3 is 2.29 bits per heavy atom. The summed E-state index contributed by atoms with van der Waals surface area (Å²) in [6, 6.07) is 1.72. The highest BCUT2D eigenvalue weighted by Gasteiger charge is 2.39. The molecule has 2 N–H and O–H groups in total. The molecule has 1 saturated heterocycles. The molecule has 0 bridgehead atoms. The molecular formula is C15H21ClF2N2O. The fraction of sp³-hybridized carbons (Fsp3) is 0.600. The van der Waals surface area contributed by atoms with E-state index in [0.717, 1.165) is 25.2 Å². The zero-order valence-electron chi connectivity index (χ0n) is 12.3. The fourth-order valence-electron chi connectivity index (χ4n) is 2.91. The summed E-state index contributed by atoms with van der Waals surface area (Å²) in [6.07, 6.45) is 0. The zero-order chi connectivity index (χ0) is 15.6. The van der Waals surface area contributed by atoms with Gasteiger partial charge in [0, 0.05) is 54.8 Å².